The summed E-state index contributed by atoms with van der Waals surface area (Å²) in [4.78, 5) is 11.5. The van der Waals surface area contributed by atoms with Crippen LogP contribution < -0.4 is 5.32 Å². The minimum Gasteiger partial charge on any atom is -0.322 e. The summed E-state index contributed by atoms with van der Waals surface area (Å²) < 4.78 is 103. The maximum absolute atomic E-state index is 13.5. The molecule has 0 saturated heterocycles. The van der Waals surface area contributed by atoms with Crippen molar-refractivity contribution in [2.24, 2.45) is 0 Å². The fourth-order valence-electron chi connectivity index (χ4n) is 1.91. The Bertz CT molecular complexity index is 867. The van der Waals surface area contributed by atoms with E-state index in [4.69, 9.17) is 0 Å². The molecule has 12 heteroatoms. The van der Waals surface area contributed by atoms with Crippen molar-refractivity contribution in [3.63, 3.8) is 0 Å². The summed E-state index contributed by atoms with van der Waals surface area (Å²) in [5.74, 6) is -7.82. The van der Waals surface area contributed by atoms with Crippen molar-refractivity contribution in [2.45, 2.75) is 22.2 Å². The first-order valence-electron chi connectivity index (χ1n) is 7.12. The van der Waals surface area contributed by atoms with E-state index in [1.54, 1.807) is 22.6 Å². The average Bonchev–Trinajstić information content (AvgIpc) is 2.52. The van der Waals surface area contributed by atoms with E-state index in [2.05, 4.69) is 5.32 Å². The molecule has 1 N–H and O–H groups in total. The lowest BCUT2D eigenvalue weighted by atomic mass is 10.2. The molecule has 0 aliphatic carbocycles. The van der Waals surface area contributed by atoms with Crippen molar-refractivity contribution in [3.8, 4) is 0 Å². The Labute approximate surface area is 170 Å². The van der Waals surface area contributed by atoms with Crippen LogP contribution in [0.4, 0.5) is 40.8 Å². The van der Waals surface area contributed by atoms with Gasteiger partial charge >= 0.3 is 17.4 Å². The predicted molar refractivity (Wildman–Crippen MR) is 95.3 cm³/mol. The molecule has 0 spiro atoms. The lowest BCUT2D eigenvalue weighted by molar-refractivity contribution is -0.330. The number of rotatable bonds is 5. The standard InChI is InChI=1S/C16H8F8INOS/c17-9-5-10(25)7-11(6-9)26-13(27)8-2-1-3-12(4-8)28-16(23,24)14(18,19)15(20,21)22/h1-7H,(H,26,27). The van der Waals surface area contributed by atoms with Crippen LogP contribution in [-0.2, 0) is 0 Å². The highest BCUT2D eigenvalue weighted by molar-refractivity contribution is 14.1. The minimum atomic E-state index is -6.45. The molecule has 0 unspecified atom stereocenters. The second-order valence-corrected chi connectivity index (χ2v) is 7.76. The van der Waals surface area contributed by atoms with Crippen LogP contribution in [0.3, 0.4) is 0 Å². The number of halogens is 9. The smallest absolute Gasteiger partial charge is 0.322 e. The molecular formula is C16H8F8INOS. The third-order valence-electron chi connectivity index (χ3n) is 3.18. The summed E-state index contributed by atoms with van der Waals surface area (Å²) in [5.41, 5.74) is -0.253. The first-order valence-corrected chi connectivity index (χ1v) is 9.01. The maximum atomic E-state index is 13.5. The van der Waals surface area contributed by atoms with Gasteiger partial charge in [0, 0.05) is 19.7 Å². The minimum absolute atomic E-state index is 0.0430. The summed E-state index contributed by atoms with van der Waals surface area (Å²) in [5, 5.41) is -3.23. The van der Waals surface area contributed by atoms with Crippen molar-refractivity contribution < 1.29 is 39.9 Å². The van der Waals surface area contributed by atoms with Gasteiger partial charge in [-0.3, -0.25) is 4.79 Å². The van der Waals surface area contributed by atoms with E-state index in [-0.39, 0.29) is 11.3 Å². The summed E-state index contributed by atoms with van der Waals surface area (Å²) >= 11 is 0.763. The van der Waals surface area contributed by atoms with Gasteiger partial charge in [-0.1, -0.05) is 6.07 Å². The second kappa shape index (κ2) is 8.05. The van der Waals surface area contributed by atoms with Crippen molar-refractivity contribution in [3.05, 3.63) is 57.4 Å². The Balaban J connectivity index is 2.23. The van der Waals surface area contributed by atoms with Crippen LogP contribution >= 0.6 is 34.4 Å². The number of nitrogens with one attached hydrogen (secondary N) is 1. The number of benzene rings is 2. The van der Waals surface area contributed by atoms with Gasteiger partial charge in [-0.15, -0.1) is 0 Å². The summed E-state index contributed by atoms with van der Waals surface area (Å²) in [7, 11) is 0. The highest BCUT2D eigenvalue weighted by Gasteiger charge is 2.73. The number of thioether (sulfide) groups is 1. The largest absolute Gasteiger partial charge is 0.460 e. The lowest BCUT2D eigenvalue weighted by Crippen LogP contribution is -2.49. The molecule has 2 rings (SSSR count). The van der Waals surface area contributed by atoms with Crippen molar-refractivity contribution in [2.75, 3.05) is 5.32 Å². The van der Waals surface area contributed by atoms with Gasteiger partial charge in [0.15, 0.2) is 0 Å². The Morgan fingerprint density at radius 3 is 2.18 bits per heavy atom. The van der Waals surface area contributed by atoms with E-state index in [0.29, 0.717) is 3.57 Å². The number of amides is 1. The molecule has 0 radical (unpaired) electrons. The zero-order valence-electron chi connectivity index (χ0n) is 13.3. The third kappa shape index (κ3) is 5.07. The van der Waals surface area contributed by atoms with Crippen LogP contribution in [0.1, 0.15) is 10.4 Å². The van der Waals surface area contributed by atoms with Crippen LogP contribution in [0.5, 0.6) is 0 Å². The molecule has 0 aromatic heterocycles. The Morgan fingerprint density at radius 2 is 1.61 bits per heavy atom. The summed E-state index contributed by atoms with van der Waals surface area (Å²) in [6.07, 6.45) is -6.45. The quantitative estimate of drug-likeness (QED) is 0.264. The number of anilines is 1. The molecule has 0 fully saturated rings. The van der Waals surface area contributed by atoms with Gasteiger partial charge in [0.05, 0.1) is 0 Å². The Hall–Kier alpha value is -1.57. The average molecular weight is 541 g/mol. The molecule has 2 nitrogen and oxygen atoms in total. The summed E-state index contributed by atoms with van der Waals surface area (Å²) in [6.45, 7) is 0. The van der Waals surface area contributed by atoms with Crippen molar-refractivity contribution in [1.82, 2.24) is 0 Å². The molecule has 1 amide bonds. The molecule has 0 atom stereocenters. The molecule has 0 bridgehead atoms. The van der Waals surface area contributed by atoms with E-state index in [0.717, 1.165) is 30.3 Å². The zero-order chi connectivity index (χ0) is 21.3. The van der Waals surface area contributed by atoms with Gasteiger partial charge in [0.2, 0.25) is 0 Å². The third-order valence-corrected chi connectivity index (χ3v) is 4.81. The zero-order valence-corrected chi connectivity index (χ0v) is 16.2. The normalized spacial score (nSPS) is 12.8. The van der Waals surface area contributed by atoms with Gasteiger partial charge in [0.1, 0.15) is 5.82 Å². The van der Waals surface area contributed by atoms with E-state index in [1.165, 1.54) is 12.1 Å². The number of carbonyl (C=O) groups excluding carboxylic acids is 1. The Morgan fingerprint density at radius 1 is 0.964 bits per heavy atom. The fraction of sp³-hybridized carbons (Fsp3) is 0.188. The number of alkyl halides is 7. The maximum Gasteiger partial charge on any atom is 0.460 e. The van der Waals surface area contributed by atoms with Gasteiger partial charge in [-0.25, -0.2) is 4.39 Å². The van der Waals surface area contributed by atoms with Gasteiger partial charge in [-0.05, 0) is 70.8 Å². The van der Waals surface area contributed by atoms with E-state index in [9.17, 15) is 39.9 Å². The molecule has 0 aliphatic rings. The highest BCUT2D eigenvalue weighted by atomic mass is 127. The molecule has 152 valence electrons. The van der Waals surface area contributed by atoms with E-state index in [1.807, 2.05) is 0 Å². The SMILES string of the molecule is O=C(Nc1cc(F)cc(I)c1)c1cccc(SC(F)(F)C(F)(F)C(F)(F)F)c1. The van der Waals surface area contributed by atoms with E-state index < -0.39 is 45.7 Å². The van der Waals surface area contributed by atoms with Crippen LogP contribution in [0.2, 0.25) is 0 Å². The number of hydrogen-bond donors (Lipinski definition) is 1. The van der Waals surface area contributed by atoms with Crippen LogP contribution in [-0.4, -0.2) is 23.3 Å². The van der Waals surface area contributed by atoms with Crippen LogP contribution in [0.15, 0.2) is 47.4 Å². The first kappa shape index (κ1) is 22.7. The molecular weight excluding hydrogens is 533 g/mol. The fourth-order valence-corrected chi connectivity index (χ4v) is 3.41. The monoisotopic (exact) mass is 541 g/mol. The molecule has 28 heavy (non-hydrogen) atoms. The molecule has 0 aliphatic heterocycles. The highest BCUT2D eigenvalue weighted by Crippen LogP contribution is 2.53. The molecule has 2 aromatic rings. The van der Waals surface area contributed by atoms with Crippen molar-refractivity contribution in [1.29, 1.82) is 0 Å². The van der Waals surface area contributed by atoms with E-state index >= 15 is 0 Å². The van der Waals surface area contributed by atoms with Crippen molar-refractivity contribution >= 4 is 45.9 Å². The number of carbonyl (C=O) groups is 1. The lowest BCUT2D eigenvalue weighted by Gasteiger charge is -2.27. The van der Waals surface area contributed by atoms with Gasteiger partial charge < -0.3 is 5.32 Å². The van der Waals surface area contributed by atoms with Crippen LogP contribution in [0.25, 0.3) is 0 Å². The first-order chi connectivity index (χ1) is 12.7. The Kier molecular flexibility index (Phi) is 6.53. The predicted octanol–water partition coefficient (Wildman–Crippen LogP) is 6.57. The number of hydrogen-bond acceptors (Lipinski definition) is 2. The van der Waals surface area contributed by atoms with Crippen LogP contribution in [0, 0.1) is 9.39 Å². The topological polar surface area (TPSA) is 29.1 Å². The molecule has 0 heterocycles. The summed E-state index contributed by atoms with van der Waals surface area (Å²) in [6, 6.07) is 7.31. The molecule has 0 saturated carbocycles. The van der Waals surface area contributed by atoms with Gasteiger partial charge in [-0.2, -0.15) is 30.7 Å². The second-order valence-electron chi connectivity index (χ2n) is 5.33. The molecule has 2 aromatic carbocycles. The van der Waals surface area contributed by atoms with Gasteiger partial charge in [0.25, 0.3) is 5.91 Å².